The lowest BCUT2D eigenvalue weighted by atomic mass is 10.0. The van der Waals surface area contributed by atoms with Crippen LogP contribution in [0.15, 0.2) is 97.2 Å². The zero-order valence-corrected chi connectivity index (χ0v) is 48.6. The third-order valence-corrected chi connectivity index (χ3v) is 13.3. The average molecular weight is 1030 g/mol. The first kappa shape index (κ1) is 70.3. The van der Waals surface area contributed by atoms with Crippen LogP contribution in [0.4, 0.5) is 0 Å². The number of ether oxygens (including phenoxy) is 3. The summed E-state index contributed by atoms with van der Waals surface area (Å²) in [6, 6.07) is 0. The normalized spacial score (nSPS) is 12.7. The summed E-state index contributed by atoms with van der Waals surface area (Å²) in [5, 5.41) is 0. The minimum atomic E-state index is -0.794. The van der Waals surface area contributed by atoms with E-state index in [-0.39, 0.29) is 37.5 Å². The van der Waals surface area contributed by atoms with Crippen LogP contribution in [0, 0.1) is 0 Å². The van der Waals surface area contributed by atoms with Crippen LogP contribution >= 0.6 is 0 Å². The lowest BCUT2D eigenvalue weighted by molar-refractivity contribution is -0.167. The smallest absolute Gasteiger partial charge is 0.306 e. The summed E-state index contributed by atoms with van der Waals surface area (Å²) in [5.41, 5.74) is 0. The van der Waals surface area contributed by atoms with Crippen LogP contribution in [0.5, 0.6) is 0 Å². The number of carbonyl (C=O) groups excluding carboxylic acids is 3. The van der Waals surface area contributed by atoms with Gasteiger partial charge in [0.2, 0.25) is 0 Å². The number of unbranched alkanes of at least 4 members (excludes halogenated alkanes) is 29. The van der Waals surface area contributed by atoms with Gasteiger partial charge in [-0.15, -0.1) is 0 Å². The Morgan fingerprint density at radius 1 is 0.284 bits per heavy atom. The van der Waals surface area contributed by atoms with Crippen molar-refractivity contribution in [3.63, 3.8) is 0 Å². The molecule has 0 bridgehead atoms. The first-order valence-corrected chi connectivity index (χ1v) is 31.2. The van der Waals surface area contributed by atoms with Crippen LogP contribution in [-0.4, -0.2) is 37.2 Å². The van der Waals surface area contributed by atoms with E-state index in [9.17, 15) is 14.4 Å². The molecule has 0 radical (unpaired) electrons. The van der Waals surface area contributed by atoms with Gasteiger partial charge < -0.3 is 14.2 Å². The second-order valence-electron chi connectivity index (χ2n) is 20.6. The summed E-state index contributed by atoms with van der Waals surface area (Å²) in [6.45, 7) is 6.36. The Kier molecular flexibility index (Phi) is 58.8. The van der Waals surface area contributed by atoms with Gasteiger partial charge in [0.1, 0.15) is 13.2 Å². The van der Waals surface area contributed by atoms with Gasteiger partial charge >= 0.3 is 17.9 Å². The highest BCUT2D eigenvalue weighted by atomic mass is 16.6. The van der Waals surface area contributed by atoms with Gasteiger partial charge in [0.05, 0.1) is 0 Å². The molecule has 424 valence electrons. The molecule has 0 saturated carbocycles. The molecule has 6 nitrogen and oxygen atoms in total. The first-order valence-electron chi connectivity index (χ1n) is 31.2. The zero-order chi connectivity index (χ0) is 53.6. The summed E-state index contributed by atoms with van der Waals surface area (Å²) in [6.07, 6.45) is 83.1. The van der Waals surface area contributed by atoms with Crippen molar-refractivity contribution in [2.45, 2.75) is 303 Å². The minimum Gasteiger partial charge on any atom is -0.462 e. The third-order valence-electron chi connectivity index (χ3n) is 13.3. The van der Waals surface area contributed by atoms with Gasteiger partial charge in [-0.25, -0.2) is 0 Å². The molecule has 0 N–H and O–H groups in total. The average Bonchev–Trinajstić information content (AvgIpc) is 3.40. The monoisotopic (exact) mass is 1030 g/mol. The van der Waals surface area contributed by atoms with Gasteiger partial charge in [-0.2, -0.15) is 0 Å². The van der Waals surface area contributed by atoms with Gasteiger partial charge in [0, 0.05) is 19.3 Å². The second kappa shape index (κ2) is 61.9. The van der Waals surface area contributed by atoms with Gasteiger partial charge in [0.15, 0.2) is 6.10 Å². The number of carbonyl (C=O) groups is 3. The Bertz CT molecular complexity index is 1460. The van der Waals surface area contributed by atoms with Crippen LogP contribution in [0.1, 0.15) is 297 Å². The maximum atomic E-state index is 12.8. The highest BCUT2D eigenvalue weighted by molar-refractivity contribution is 5.71. The molecule has 0 aromatic rings. The molecule has 0 aliphatic heterocycles. The molecule has 0 rings (SSSR count). The predicted molar refractivity (Wildman–Crippen MR) is 320 cm³/mol. The number of rotatable bonds is 56. The van der Waals surface area contributed by atoms with E-state index in [4.69, 9.17) is 14.2 Å². The fraction of sp³-hybridized carbons (Fsp3) is 0.721. The fourth-order valence-electron chi connectivity index (χ4n) is 8.72. The standard InChI is InChI=1S/C68H116O6/c1-4-7-10-13-16-19-21-23-25-26-27-28-29-30-31-32-33-34-35-36-37-38-39-40-41-42-44-45-47-49-52-55-58-61-67(70)73-64-65(63-72-66(69)60-57-54-51-18-15-12-9-6-3)74-68(71)62-59-56-53-50-48-46-43-24-22-20-17-14-11-8-5-2/h7-8,10-11,16-17,19-20,23-25,27-28,43,48,50,65H,4-6,9,12-15,18,21-22,26,29-42,44-47,49,51-64H2,1-3H3/b10-7-,11-8-,19-16-,20-17-,25-23-,28-27-,43-24-,50-48-. The predicted octanol–water partition coefficient (Wildman–Crippen LogP) is 21.3. The molecule has 0 aromatic heterocycles. The van der Waals surface area contributed by atoms with E-state index in [1.54, 1.807) is 0 Å². The number of allylic oxidation sites excluding steroid dienone is 16. The number of hydrogen-bond donors (Lipinski definition) is 0. The molecule has 1 unspecified atom stereocenters. The summed E-state index contributed by atoms with van der Waals surface area (Å²) >= 11 is 0. The molecule has 0 aliphatic carbocycles. The Balaban J connectivity index is 4.05. The van der Waals surface area contributed by atoms with E-state index in [0.29, 0.717) is 19.3 Å². The number of esters is 3. The van der Waals surface area contributed by atoms with Crippen LogP contribution < -0.4 is 0 Å². The van der Waals surface area contributed by atoms with E-state index < -0.39 is 6.10 Å². The highest BCUT2D eigenvalue weighted by Gasteiger charge is 2.19. The minimum absolute atomic E-state index is 0.0904. The molecular formula is C68H116O6. The van der Waals surface area contributed by atoms with Crippen molar-refractivity contribution in [1.29, 1.82) is 0 Å². The largest absolute Gasteiger partial charge is 0.462 e. The fourth-order valence-corrected chi connectivity index (χ4v) is 8.72. The molecule has 0 aromatic carbocycles. The zero-order valence-electron chi connectivity index (χ0n) is 48.6. The quantitative estimate of drug-likeness (QED) is 0.0261. The second-order valence-corrected chi connectivity index (χ2v) is 20.6. The Labute approximate surface area is 457 Å². The van der Waals surface area contributed by atoms with Crippen molar-refractivity contribution in [2.75, 3.05) is 13.2 Å². The first-order chi connectivity index (χ1) is 36.5. The Morgan fingerprint density at radius 2 is 0.527 bits per heavy atom. The van der Waals surface area contributed by atoms with E-state index in [1.165, 1.54) is 148 Å². The van der Waals surface area contributed by atoms with Gasteiger partial charge in [0.25, 0.3) is 0 Å². The molecule has 0 spiro atoms. The summed E-state index contributed by atoms with van der Waals surface area (Å²) in [4.78, 5) is 38.0. The molecule has 0 fully saturated rings. The van der Waals surface area contributed by atoms with Crippen molar-refractivity contribution in [2.24, 2.45) is 0 Å². The lowest BCUT2D eigenvalue weighted by Gasteiger charge is -2.18. The van der Waals surface area contributed by atoms with E-state index in [2.05, 4.69) is 118 Å². The van der Waals surface area contributed by atoms with Gasteiger partial charge in [-0.3, -0.25) is 14.4 Å². The number of hydrogen-bond acceptors (Lipinski definition) is 6. The van der Waals surface area contributed by atoms with Gasteiger partial charge in [-0.05, 0) is 96.3 Å². The van der Waals surface area contributed by atoms with E-state index >= 15 is 0 Å². The van der Waals surface area contributed by atoms with Crippen LogP contribution in [-0.2, 0) is 28.6 Å². The topological polar surface area (TPSA) is 78.9 Å². The maximum absolute atomic E-state index is 12.8. The van der Waals surface area contributed by atoms with Crippen LogP contribution in [0.3, 0.4) is 0 Å². The van der Waals surface area contributed by atoms with Gasteiger partial charge in [-0.1, -0.05) is 279 Å². The van der Waals surface area contributed by atoms with Crippen molar-refractivity contribution in [3.8, 4) is 0 Å². The van der Waals surface area contributed by atoms with Crippen molar-refractivity contribution < 1.29 is 28.6 Å². The molecule has 0 aliphatic rings. The summed E-state index contributed by atoms with van der Waals surface area (Å²) in [7, 11) is 0. The molecule has 0 saturated heterocycles. The van der Waals surface area contributed by atoms with Crippen molar-refractivity contribution in [3.05, 3.63) is 97.2 Å². The molecule has 0 heterocycles. The molecular weight excluding hydrogens is 913 g/mol. The summed E-state index contributed by atoms with van der Waals surface area (Å²) < 4.78 is 16.8. The van der Waals surface area contributed by atoms with Crippen molar-refractivity contribution in [1.82, 2.24) is 0 Å². The molecule has 1 atom stereocenters. The van der Waals surface area contributed by atoms with Crippen molar-refractivity contribution >= 4 is 17.9 Å². The Morgan fingerprint density at radius 3 is 0.851 bits per heavy atom. The Hall–Kier alpha value is -3.67. The lowest BCUT2D eigenvalue weighted by Crippen LogP contribution is -2.30. The third kappa shape index (κ3) is 59.2. The van der Waals surface area contributed by atoms with Crippen LogP contribution in [0.25, 0.3) is 0 Å². The SMILES string of the molecule is CC/C=C\C/C=C\C/C=C\C/C=C\CCCCCCCCCCCCCCCCCCCCCCC(=O)OCC(COC(=O)CCCCCCCCCC)OC(=O)CCCC/C=C\C/C=C\C/C=C\C/C=C\CC. The molecule has 6 heteroatoms. The van der Waals surface area contributed by atoms with E-state index in [1.807, 2.05) is 0 Å². The highest BCUT2D eigenvalue weighted by Crippen LogP contribution is 2.17. The van der Waals surface area contributed by atoms with E-state index in [0.717, 1.165) is 103 Å². The molecule has 0 amide bonds. The molecule has 74 heavy (non-hydrogen) atoms. The maximum Gasteiger partial charge on any atom is 0.306 e. The van der Waals surface area contributed by atoms with Crippen LogP contribution in [0.2, 0.25) is 0 Å². The summed E-state index contributed by atoms with van der Waals surface area (Å²) in [5.74, 6) is -0.929.